The number of benzene rings is 1. The lowest BCUT2D eigenvalue weighted by Gasteiger charge is -2.27. The van der Waals surface area contributed by atoms with E-state index in [2.05, 4.69) is 34.4 Å². The van der Waals surface area contributed by atoms with Crippen LogP contribution in [0.25, 0.3) is 0 Å². The average molecular weight is 237 g/mol. The average Bonchev–Trinajstić information content (AvgIpc) is 2.29. The first-order valence-electron chi connectivity index (χ1n) is 5.29. The zero-order valence-corrected chi connectivity index (χ0v) is 10.2. The Kier molecular flexibility index (Phi) is 3.51. The molecular formula is C12H15NO2S. The van der Waals surface area contributed by atoms with Gasteiger partial charge in [-0.3, -0.25) is 9.69 Å². The highest BCUT2D eigenvalue weighted by Gasteiger charge is 2.18. The largest absolute Gasteiger partial charge is 0.468 e. The molecule has 1 aliphatic heterocycles. The van der Waals surface area contributed by atoms with Gasteiger partial charge in [-0.2, -0.15) is 0 Å². The Balaban J connectivity index is 2.06. The van der Waals surface area contributed by atoms with Gasteiger partial charge in [0.15, 0.2) is 0 Å². The molecule has 0 bridgehead atoms. The van der Waals surface area contributed by atoms with Gasteiger partial charge >= 0.3 is 5.97 Å². The minimum atomic E-state index is -0.172. The number of nitrogens with zero attached hydrogens (tertiary/aromatic N) is 1. The summed E-state index contributed by atoms with van der Waals surface area (Å²) in [5.41, 5.74) is 2.63. The second-order valence-corrected chi connectivity index (χ2v) is 4.51. The smallest absolute Gasteiger partial charge is 0.319 e. The first-order chi connectivity index (χ1) is 7.69. The van der Waals surface area contributed by atoms with E-state index in [9.17, 15) is 4.79 Å². The number of hydrogen-bond donors (Lipinski definition) is 1. The summed E-state index contributed by atoms with van der Waals surface area (Å²) in [6.45, 7) is 2.09. The Labute approximate surface area is 101 Å². The lowest BCUT2D eigenvalue weighted by atomic mass is 10.00. The number of carbonyl (C=O) groups excluding carboxylic acids is 1. The number of hydrogen-bond acceptors (Lipinski definition) is 4. The second-order valence-electron chi connectivity index (χ2n) is 3.99. The van der Waals surface area contributed by atoms with Crippen molar-refractivity contribution in [3.63, 3.8) is 0 Å². The van der Waals surface area contributed by atoms with E-state index >= 15 is 0 Å². The molecule has 0 spiro atoms. The Morgan fingerprint density at radius 3 is 3.06 bits per heavy atom. The fourth-order valence-electron chi connectivity index (χ4n) is 1.98. The number of ether oxygens (including phenoxy) is 1. The van der Waals surface area contributed by atoms with Crippen molar-refractivity contribution in [3.05, 3.63) is 29.3 Å². The molecule has 2 rings (SSSR count). The molecule has 1 aromatic rings. The third-order valence-electron chi connectivity index (χ3n) is 2.86. The molecule has 0 atom stereocenters. The molecule has 16 heavy (non-hydrogen) atoms. The molecule has 4 heteroatoms. The fourth-order valence-corrected chi connectivity index (χ4v) is 2.21. The molecule has 1 aliphatic rings. The molecular weight excluding hydrogens is 222 g/mol. The van der Waals surface area contributed by atoms with Crippen molar-refractivity contribution in [2.45, 2.75) is 17.9 Å². The van der Waals surface area contributed by atoms with Gasteiger partial charge in [0, 0.05) is 18.0 Å². The van der Waals surface area contributed by atoms with Gasteiger partial charge in [0.05, 0.1) is 13.7 Å². The summed E-state index contributed by atoms with van der Waals surface area (Å²) in [7, 11) is 1.42. The number of methoxy groups -OCH3 is 1. The number of fused-ring (bicyclic) bond motifs is 1. The number of carbonyl (C=O) groups is 1. The van der Waals surface area contributed by atoms with Gasteiger partial charge in [-0.25, -0.2) is 0 Å². The molecule has 0 amide bonds. The van der Waals surface area contributed by atoms with E-state index in [4.69, 9.17) is 0 Å². The maximum absolute atomic E-state index is 11.2. The van der Waals surface area contributed by atoms with Crippen LogP contribution in [0.15, 0.2) is 23.1 Å². The Morgan fingerprint density at radius 2 is 2.31 bits per heavy atom. The summed E-state index contributed by atoms with van der Waals surface area (Å²) in [5, 5.41) is 0. The first kappa shape index (κ1) is 11.5. The monoisotopic (exact) mass is 237 g/mol. The van der Waals surface area contributed by atoms with Crippen LogP contribution < -0.4 is 0 Å². The fraction of sp³-hybridized carbons (Fsp3) is 0.417. The molecule has 1 heterocycles. The van der Waals surface area contributed by atoms with E-state index in [0.717, 1.165) is 24.4 Å². The van der Waals surface area contributed by atoms with E-state index in [1.54, 1.807) is 0 Å². The van der Waals surface area contributed by atoms with Gasteiger partial charge < -0.3 is 4.74 Å². The molecule has 0 radical (unpaired) electrons. The lowest BCUT2D eigenvalue weighted by molar-refractivity contribution is -0.142. The summed E-state index contributed by atoms with van der Waals surface area (Å²) in [5.74, 6) is -0.172. The normalized spacial score (nSPS) is 15.6. The molecule has 3 nitrogen and oxygen atoms in total. The standard InChI is InChI=1S/C12H15NO2S/c1-15-12(14)8-13-5-4-9-6-11(16)3-2-10(9)7-13/h2-3,6,16H,4-5,7-8H2,1H3. The van der Waals surface area contributed by atoms with Crippen molar-refractivity contribution >= 4 is 18.6 Å². The van der Waals surface area contributed by atoms with Crippen molar-refractivity contribution in [3.8, 4) is 0 Å². The van der Waals surface area contributed by atoms with Crippen LogP contribution in [0.1, 0.15) is 11.1 Å². The van der Waals surface area contributed by atoms with Gasteiger partial charge in [-0.15, -0.1) is 12.6 Å². The highest BCUT2D eigenvalue weighted by atomic mass is 32.1. The number of rotatable bonds is 2. The molecule has 1 aromatic carbocycles. The minimum absolute atomic E-state index is 0.172. The second kappa shape index (κ2) is 4.89. The summed E-state index contributed by atoms with van der Waals surface area (Å²) < 4.78 is 4.67. The first-order valence-corrected chi connectivity index (χ1v) is 5.73. The van der Waals surface area contributed by atoms with Gasteiger partial charge in [0.2, 0.25) is 0 Å². The molecule has 0 fully saturated rings. The highest BCUT2D eigenvalue weighted by Crippen LogP contribution is 2.21. The molecule has 0 aromatic heterocycles. The summed E-state index contributed by atoms with van der Waals surface area (Å²) >= 11 is 4.32. The van der Waals surface area contributed by atoms with Crippen molar-refractivity contribution < 1.29 is 9.53 Å². The molecule has 0 unspecified atom stereocenters. The van der Waals surface area contributed by atoms with Crippen LogP contribution in [0.2, 0.25) is 0 Å². The molecule has 0 saturated carbocycles. The molecule has 0 saturated heterocycles. The van der Waals surface area contributed by atoms with Gasteiger partial charge in [-0.1, -0.05) is 6.07 Å². The zero-order valence-electron chi connectivity index (χ0n) is 9.27. The van der Waals surface area contributed by atoms with E-state index in [-0.39, 0.29) is 5.97 Å². The van der Waals surface area contributed by atoms with E-state index in [1.165, 1.54) is 18.2 Å². The van der Waals surface area contributed by atoms with Crippen molar-refractivity contribution in [2.75, 3.05) is 20.2 Å². The van der Waals surface area contributed by atoms with Crippen LogP contribution in [0.4, 0.5) is 0 Å². The number of thiol groups is 1. The van der Waals surface area contributed by atoms with Crippen LogP contribution in [0.5, 0.6) is 0 Å². The van der Waals surface area contributed by atoms with Gasteiger partial charge in [0.1, 0.15) is 0 Å². The van der Waals surface area contributed by atoms with Gasteiger partial charge in [0.25, 0.3) is 0 Å². The Morgan fingerprint density at radius 1 is 1.50 bits per heavy atom. The predicted octanol–water partition coefficient (Wildman–Crippen LogP) is 1.51. The van der Waals surface area contributed by atoms with Gasteiger partial charge in [-0.05, 0) is 29.7 Å². The van der Waals surface area contributed by atoms with Crippen molar-refractivity contribution in [2.24, 2.45) is 0 Å². The van der Waals surface area contributed by atoms with E-state index < -0.39 is 0 Å². The van der Waals surface area contributed by atoms with Crippen molar-refractivity contribution in [1.29, 1.82) is 0 Å². The zero-order chi connectivity index (χ0) is 11.5. The van der Waals surface area contributed by atoms with Crippen molar-refractivity contribution in [1.82, 2.24) is 4.90 Å². The molecule has 0 N–H and O–H groups in total. The van der Waals surface area contributed by atoms with Crippen LogP contribution >= 0.6 is 12.6 Å². The Hall–Kier alpha value is -1.00. The highest BCUT2D eigenvalue weighted by molar-refractivity contribution is 7.80. The van der Waals surface area contributed by atoms with Crippen LogP contribution in [-0.4, -0.2) is 31.1 Å². The Bertz CT molecular complexity index is 406. The van der Waals surface area contributed by atoms with E-state index in [1.807, 2.05) is 6.07 Å². The van der Waals surface area contributed by atoms with E-state index in [0.29, 0.717) is 6.54 Å². The minimum Gasteiger partial charge on any atom is -0.468 e. The quantitative estimate of drug-likeness (QED) is 0.624. The molecule has 86 valence electrons. The third kappa shape index (κ3) is 2.57. The lowest BCUT2D eigenvalue weighted by Crippen LogP contribution is -2.35. The maximum Gasteiger partial charge on any atom is 0.319 e. The van der Waals surface area contributed by atoms with Crippen LogP contribution in [-0.2, 0) is 22.5 Å². The topological polar surface area (TPSA) is 29.5 Å². The summed E-state index contributed by atoms with van der Waals surface area (Å²) in [4.78, 5) is 14.3. The predicted molar refractivity (Wildman–Crippen MR) is 64.7 cm³/mol. The SMILES string of the molecule is COC(=O)CN1CCc2cc(S)ccc2C1. The van der Waals surface area contributed by atoms with Crippen LogP contribution in [0.3, 0.4) is 0 Å². The number of esters is 1. The molecule has 0 aliphatic carbocycles. The summed E-state index contributed by atoms with van der Waals surface area (Å²) in [6, 6.07) is 6.18. The third-order valence-corrected chi connectivity index (χ3v) is 3.14. The maximum atomic E-state index is 11.2. The summed E-state index contributed by atoms with van der Waals surface area (Å²) in [6.07, 6.45) is 0.973. The van der Waals surface area contributed by atoms with Crippen LogP contribution in [0, 0.1) is 0 Å².